The molecule has 1 aliphatic heterocycles. The van der Waals surface area contributed by atoms with Crippen LogP contribution in [0.3, 0.4) is 0 Å². The van der Waals surface area contributed by atoms with E-state index in [1.165, 1.54) is 12.5 Å². The summed E-state index contributed by atoms with van der Waals surface area (Å²) in [5.74, 6) is 0.508. The molecule has 1 N–H and O–H groups in total. The Morgan fingerprint density at radius 1 is 1.19 bits per heavy atom. The molecule has 1 aliphatic carbocycles. The lowest BCUT2D eigenvalue weighted by Crippen LogP contribution is -2.45. The number of likely N-dealkylation sites (N-methyl/N-ethyl adjacent to an activating group) is 1. The summed E-state index contributed by atoms with van der Waals surface area (Å²) in [6.45, 7) is 4.43. The van der Waals surface area contributed by atoms with Gasteiger partial charge >= 0.3 is 0 Å². The summed E-state index contributed by atoms with van der Waals surface area (Å²) < 4.78 is 10.8. The molecule has 1 amide bonds. The molecule has 1 saturated carbocycles. The first kappa shape index (κ1) is 21.9. The van der Waals surface area contributed by atoms with E-state index in [9.17, 15) is 14.9 Å². The van der Waals surface area contributed by atoms with Gasteiger partial charge in [-0.3, -0.25) is 14.9 Å². The SMILES string of the molecule is CCN(c1cccc(C)c1)[C@@H](C(=O)NC1CCCCC1)c1cc2c(cc1[N+](=O)[O-])OCO2. The van der Waals surface area contributed by atoms with Gasteiger partial charge in [-0.05, 0) is 50.5 Å². The first-order valence-electron chi connectivity index (χ1n) is 11.2. The molecule has 2 aliphatic rings. The fourth-order valence-electron chi connectivity index (χ4n) is 4.62. The first-order chi connectivity index (χ1) is 15.5. The number of ether oxygens (including phenoxy) is 2. The molecule has 0 aromatic heterocycles. The zero-order valence-corrected chi connectivity index (χ0v) is 18.5. The zero-order chi connectivity index (χ0) is 22.7. The van der Waals surface area contributed by atoms with Gasteiger partial charge < -0.3 is 19.7 Å². The molecule has 0 unspecified atom stereocenters. The Morgan fingerprint density at radius 2 is 1.91 bits per heavy atom. The normalized spacial score (nSPS) is 16.4. The second-order valence-corrected chi connectivity index (χ2v) is 8.39. The molecular weight excluding hydrogens is 410 g/mol. The Balaban J connectivity index is 1.80. The molecule has 2 aromatic rings. The Kier molecular flexibility index (Phi) is 6.48. The maximum atomic E-state index is 13.7. The number of amides is 1. The summed E-state index contributed by atoms with van der Waals surface area (Å²) in [5, 5.41) is 15.2. The molecule has 1 heterocycles. The molecule has 1 atom stereocenters. The van der Waals surface area contributed by atoms with Crippen molar-refractivity contribution < 1.29 is 19.2 Å². The third-order valence-electron chi connectivity index (χ3n) is 6.20. The van der Waals surface area contributed by atoms with E-state index < -0.39 is 11.0 Å². The molecular formula is C24H29N3O5. The molecule has 0 bridgehead atoms. The van der Waals surface area contributed by atoms with E-state index in [2.05, 4.69) is 5.32 Å². The summed E-state index contributed by atoms with van der Waals surface area (Å²) in [6.07, 6.45) is 5.19. The van der Waals surface area contributed by atoms with Gasteiger partial charge in [0.25, 0.3) is 5.69 Å². The molecule has 0 radical (unpaired) electrons. The van der Waals surface area contributed by atoms with Crippen molar-refractivity contribution in [3.8, 4) is 11.5 Å². The number of anilines is 1. The van der Waals surface area contributed by atoms with Crippen molar-refractivity contribution in [3.05, 3.63) is 57.6 Å². The lowest BCUT2D eigenvalue weighted by atomic mass is 9.94. The molecule has 2 aromatic carbocycles. The highest BCUT2D eigenvalue weighted by molar-refractivity contribution is 5.88. The van der Waals surface area contributed by atoms with Crippen molar-refractivity contribution in [2.24, 2.45) is 0 Å². The number of nitrogens with zero attached hydrogens (tertiary/aromatic N) is 2. The highest BCUT2D eigenvalue weighted by Crippen LogP contribution is 2.42. The average molecular weight is 440 g/mol. The van der Waals surface area contributed by atoms with Crippen LogP contribution >= 0.6 is 0 Å². The summed E-state index contributed by atoms with van der Waals surface area (Å²) >= 11 is 0. The van der Waals surface area contributed by atoms with Crippen LogP contribution in [0.4, 0.5) is 11.4 Å². The number of hydrogen-bond donors (Lipinski definition) is 1. The van der Waals surface area contributed by atoms with E-state index in [1.54, 1.807) is 6.07 Å². The number of carbonyl (C=O) groups is 1. The first-order valence-corrected chi connectivity index (χ1v) is 11.2. The van der Waals surface area contributed by atoms with Crippen LogP contribution in [0.5, 0.6) is 11.5 Å². The van der Waals surface area contributed by atoms with Gasteiger partial charge in [0.05, 0.1) is 16.6 Å². The number of nitro groups is 1. The maximum Gasteiger partial charge on any atom is 0.279 e. The van der Waals surface area contributed by atoms with Gasteiger partial charge in [0.1, 0.15) is 6.04 Å². The number of fused-ring (bicyclic) bond motifs is 1. The molecule has 4 rings (SSSR count). The molecule has 170 valence electrons. The van der Waals surface area contributed by atoms with E-state index in [1.807, 2.05) is 43.0 Å². The van der Waals surface area contributed by atoms with Crippen molar-refractivity contribution in [2.45, 2.75) is 58.0 Å². The van der Waals surface area contributed by atoms with E-state index in [0.29, 0.717) is 23.6 Å². The van der Waals surface area contributed by atoms with Gasteiger partial charge in [-0.2, -0.15) is 0 Å². The molecule has 8 heteroatoms. The van der Waals surface area contributed by atoms with Crippen molar-refractivity contribution in [1.82, 2.24) is 5.32 Å². The van der Waals surface area contributed by atoms with E-state index in [4.69, 9.17) is 9.47 Å². The fraction of sp³-hybridized carbons (Fsp3) is 0.458. The monoisotopic (exact) mass is 439 g/mol. The van der Waals surface area contributed by atoms with Crippen molar-refractivity contribution in [3.63, 3.8) is 0 Å². The predicted octanol–water partition coefficient (Wildman–Crippen LogP) is 4.65. The largest absolute Gasteiger partial charge is 0.454 e. The Hall–Kier alpha value is -3.29. The lowest BCUT2D eigenvalue weighted by Gasteiger charge is -2.34. The highest BCUT2D eigenvalue weighted by Gasteiger charge is 2.36. The van der Waals surface area contributed by atoms with Gasteiger partial charge in [-0.15, -0.1) is 0 Å². The summed E-state index contributed by atoms with van der Waals surface area (Å²) in [5.41, 5.74) is 2.04. The Labute approximate surface area is 187 Å². The Bertz CT molecular complexity index is 1000. The van der Waals surface area contributed by atoms with Crippen LogP contribution in [0.1, 0.15) is 56.2 Å². The number of carbonyl (C=O) groups excluding carboxylic acids is 1. The minimum Gasteiger partial charge on any atom is -0.454 e. The topological polar surface area (TPSA) is 93.9 Å². The highest BCUT2D eigenvalue weighted by atomic mass is 16.7. The van der Waals surface area contributed by atoms with Gasteiger partial charge in [-0.25, -0.2) is 0 Å². The third kappa shape index (κ3) is 4.49. The van der Waals surface area contributed by atoms with Gasteiger partial charge in [0, 0.05) is 18.3 Å². The predicted molar refractivity (Wildman–Crippen MR) is 121 cm³/mol. The third-order valence-corrected chi connectivity index (χ3v) is 6.20. The van der Waals surface area contributed by atoms with Crippen LogP contribution in [-0.4, -0.2) is 30.2 Å². The van der Waals surface area contributed by atoms with Crippen LogP contribution < -0.4 is 19.7 Å². The number of aryl methyl sites for hydroxylation is 1. The van der Waals surface area contributed by atoms with E-state index in [-0.39, 0.29) is 24.4 Å². The molecule has 0 saturated heterocycles. The number of benzene rings is 2. The molecule has 8 nitrogen and oxygen atoms in total. The van der Waals surface area contributed by atoms with Crippen LogP contribution in [0.25, 0.3) is 0 Å². The van der Waals surface area contributed by atoms with Crippen LogP contribution in [-0.2, 0) is 4.79 Å². The van der Waals surface area contributed by atoms with Gasteiger partial charge in [0.2, 0.25) is 12.7 Å². The van der Waals surface area contributed by atoms with E-state index in [0.717, 1.165) is 36.9 Å². The quantitative estimate of drug-likeness (QED) is 0.499. The lowest BCUT2D eigenvalue weighted by molar-refractivity contribution is -0.385. The van der Waals surface area contributed by atoms with Crippen LogP contribution in [0, 0.1) is 17.0 Å². The standard InChI is InChI=1S/C24H29N3O5/c1-3-26(18-11-7-8-16(2)12-18)23(24(28)25-17-9-5-4-6-10-17)19-13-21-22(32-15-31-21)14-20(19)27(29)30/h7-8,11-14,17,23H,3-6,9-10,15H2,1-2H3,(H,25,28)/t23-/m1/s1. The maximum absolute atomic E-state index is 13.7. The number of rotatable bonds is 7. The van der Waals surface area contributed by atoms with Crippen LogP contribution in [0.2, 0.25) is 0 Å². The molecule has 32 heavy (non-hydrogen) atoms. The zero-order valence-electron chi connectivity index (χ0n) is 18.5. The molecule has 0 spiro atoms. The minimum atomic E-state index is -0.876. The average Bonchev–Trinajstić information content (AvgIpc) is 3.24. The second kappa shape index (κ2) is 9.46. The summed E-state index contributed by atoms with van der Waals surface area (Å²) in [7, 11) is 0. The fourth-order valence-corrected chi connectivity index (χ4v) is 4.62. The van der Waals surface area contributed by atoms with E-state index >= 15 is 0 Å². The molecule has 1 fully saturated rings. The smallest absolute Gasteiger partial charge is 0.279 e. The summed E-state index contributed by atoms with van der Waals surface area (Å²) in [4.78, 5) is 27.2. The van der Waals surface area contributed by atoms with Crippen molar-refractivity contribution in [2.75, 3.05) is 18.2 Å². The minimum absolute atomic E-state index is 0.00422. The summed E-state index contributed by atoms with van der Waals surface area (Å²) in [6, 6.07) is 9.99. The van der Waals surface area contributed by atoms with Crippen molar-refractivity contribution in [1.29, 1.82) is 0 Å². The number of nitro benzene ring substituents is 1. The van der Waals surface area contributed by atoms with Crippen molar-refractivity contribution >= 4 is 17.3 Å². The number of nitrogens with one attached hydrogen (secondary N) is 1. The van der Waals surface area contributed by atoms with Gasteiger partial charge in [0.15, 0.2) is 11.5 Å². The Morgan fingerprint density at radius 3 is 2.56 bits per heavy atom. The second-order valence-electron chi connectivity index (χ2n) is 8.39. The van der Waals surface area contributed by atoms with Gasteiger partial charge in [-0.1, -0.05) is 31.4 Å². The number of hydrogen-bond acceptors (Lipinski definition) is 6. The van der Waals surface area contributed by atoms with Crippen LogP contribution in [0.15, 0.2) is 36.4 Å².